The van der Waals surface area contributed by atoms with Gasteiger partial charge in [-0.3, -0.25) is 0 Å². The fourth-order valence-corrected chi connectivity index (χ4v) is 4.23. The zero-order valence-electron chi connectivity index (χ0n) is 17.9. The lowest BCUT2D eigenvalue weighted by atomic mass is 10.0. The molecule has 0 saturated heterocycles. The fraction of sp³-hybridized carbons (Fsp3) is 0.286. The third kappa shape index (κ3) is 4.13. The smallest absolute Gasteiger partial charge is 0.232 e. The molecule has 3 aromatic rings. The lowest BCUT2D eigenvalue weighted by Gasteiger charge is -2.12. The van der Waals surface area contributed by atoms with Crippen molar-refractivity contribution in [3.05, 3.63) is 64.8 Å². The van der Waals surface area contributed by atoms with Gasteiger partial charge in [-0.15, -0.1) is 0 Å². The zero-order chi connectivity index (χ0) is 23.1. The first-order valence-corrected chi connectivity index (χ1v) is 10.7. The Kier molecular flexibility index (Phi) is 5.42. The molecule has 0 unspecified atom stereocenters. The zero-order valence-corrected chi connectivity index (χ0v) is 17.8. The average molecular weight is 503 g/mol. The predicted molar refractivity (Wildman–Crippen MR) is 177 cm³/mol. The second-order valence-corrected chi connectivity index (χ2v) is 8.68. The number of nitrogens with zero attached hydrogens (tertiary/aromatic N) is 2. The Hall–Kier alpha value is -2.65. The number of alkyl halides is 3. The monoisotopic (exact) mass is 503 g/mol. The Morgan fingerprint density at radius 3 is 2.37 bits per heavy atom. The van der Waals surface area contributed by atoms with Gasteiger partial charge in [-0.25, -0.2) is 17.8 Å². The second-order valence-electron chi connectivity index (χ2n) is 6.93. The molecular formula is C21H86F3N3O2S. The predicted octanol–water partition coefficient (Wildman–Crippen LogP) is 12.5. The Morgan fingerprint density at radius 2 is 1.83 bits per heavy atom. The van der Waals surface area contributed by atoms with Crippen LogP contribution in [0.4, 0.5) is 13.2 Å². The van der Waals surface area contributed by atoms with E-state index in [4.69, 9.17) is 1.41 Å². The number of sulfonamides is 1. The number of hydrogen-bond acceptors (Lipinski definition) is 3. The average Bonchev–Trinajstić information content (AvgIpc) is 3.13. The van der Waals surface area contributed by atoms with Crippen LogP contribution in [0, 0.1) is 13.8 Å². The molecule has 0 aliphatic rings. The molecule has 1 heterocycles. The SMILES string of the molecule is [2H]N(C)S(=O)(=O)c1ccc(-n2nc(C(F)(F)F)cc2-c2ccc(CC)c(C)c2)cc1C.[HH].[HH].[HH].[HH].[HH].[HH].[HH].[HH].[HH].[HH].[HH].[HH].[HH].[HH].[HH].[HH].[HH].[HH].[HH].[HH].[HH].[HH].[HH].[HH].[HH].[HH].[HH].[HH].[HH].[HH].[HH].[HH]. The maximum Gasteiger partial charge on any atom is 0.435 e. The van der Waals surface area contributed by atoms with Crippen LogP contribution in [0.2, 0.25) is 1.41 Å². The van der Waals surface area contributed by atoms with Gasteiger partial charge in [-0.05, 0) is 74.3 Å². The maximum absolute atomic E-state index is 13.4. The summed E-state index contributed by atoms with van der Waals surface area (Å²) >= 11 is 0. The van der Waals surface area contributed by atoms with E-state index in [-0.39, 0.29) is 61.9 Å². The van der Waals surface area contributed by atoms with Gasteiger partial charge in [0.2, 0.25) is 10.0 Å². The normalized spacial score (nSPS) is 13.0. The molecule has 1 aromatic heterocycles. The molecule has 0 amide bonds. The van der Waals surface area contributed by atoms with E-state index >= 15 is 0 Å². The van der Waals surface area contributed by atoms with Crippen molar-refractivity contribution in [1.29, 1.82) is 0 Å². The van der Waals surface area contributed by atoms with Crippen LogP contribution in [0.3, 0.4) is 0 Å². The minimum absolute atomic E-state index is 0. The topological polar surface area (TPSA) is 64.0 Å². The third-order valence-corrected chi connectivity index (χ3v) is 6.43. The molecule has 0 aliphatic carbocycles. The molecule has 9 heteroatoms. The molecule has 3 rings (SSSR count). The molecule has 0 spiro atoms. The van der Waals surface area contributed by atoms with Crippen molar-refractivity contribution in [3.8, 4) is 16.9 Å². The molecule has 0 saturated carbocycles. The molecule has 0 aliphatic heterocycles. The largest absolute Gasteiger partial charge is 0.435 e. The second kappa shape index (κ2) is 7.88. The van der Waals surface area contributed by atoms with E-state index in [1.54, 1.807) is 6.07 Å². The number of hydrogen-bond donors (Lipinski definition) is 1. The summed E-state index contributed by atoms with van der Waals surface area (Å²) in [6.45, 7) is 5.42. The molecule has 1 N–H and O–H groups in total. The van der Waals surface area contributed by atoms with Gasteiger partial charge in [0, 0.05) is 51.2 Å². The molecule has 2 aromatic carbocycles. The van der Waals surface area contributed by atoms with Crippen molar-refractivity contribution in [2.75, 3.05) is 7.05 Å². The van der Waals surface area contributed by atoms with E-state index in [1.165, 1.54) is 25.1 Å². The number of aryl methyl sites for hydroxylation is 3. The van der Waals surface area contributed by atoms with Crippen LogP contribution < -0.4 is 4.72 Å². The van der Waals surface area contributed by atoms with E-state index < -0.39 is 21.9 Å². The van der Waals surface area contributed by atoms with Gasteiger partial charge in [-0.2, -0.15) is 18.3 Å². The molecular weight excluding hydrogens is 415 g/mol. The van der Waals surface area contributed by atoms with Crippen LogP contribution in [-0.4, -0.2) is 25.2 Å². The van der Waals surface area contributed by atoms with Crippen LogP contribution in [0.5, 0.6) is 0 Å². The van der Waals surface area contributed by atoms with E-state index in [0.717, 1.165) is 35.3 Å². The van der Waals surface area contributed by atoms with Gasteiger partial charge in [0.1, 0.15) is 1.41 Å². The van der Waals surface area contributed by atoms with Crippen molar-refractivity contribution in [1.82, 2.24) is 14.5 Å². The number of nitrogens with one attached hydrogen (secondary N) is 1. The highest BCUT2D eigenvalue weighted by atomic mass is 32.2. The lowest BCUT2D eigenvalue weighted by Crippen LogP contribution is -2.19. The van der Waals surface area contributed by atoms with Crippen LogP contribution in [0.1, 0.15) is 75.0 Å². The number of aromatic nitrogens is 2. The Balaban J connectivity index is -0.0000000122. The molecule has 30 heavy (non-hydrogen) atoms. The van der Waals surface area contributed by atoms with Gasteiger partial charge in [0.25, 0.3) is 0 Å². The highest BCUT2D eigenvalue weighted by Crippen LogP contribution is 2.34. The minimum Gasteiger partial charge on any atom is -0.232 e. The summed E-state index contributed by atoms with van der Waals surface area (Å²) < 4.78 is 73.7. The first kappa shape index (κ1) is 20.6. The number of benzene rings is 2. The Bertz CT molecular complexity index is 1290. The number of halogens is 3. The van der Waals surface area contributed by atoms with Crippen molar-refractivity contribution in [2.24, 2.45) is 0 Å². The van der Waals surface area contributed by atoms with Gasteiger partial charge in [0.15, 0.2) is 5.69 Å². The maximum atomic E-state index is 13.4. The van der Waals surface area contributed by atoms with E-state index in [9.17, 15) is 21.6 Å². The summed E-state index contributed by atoms with van der Waals surface area (Å²) in [4.78, 5) is -0.0957. The standard InChI is InChI=1S/C21H22F3N3O2S.32H2/c1-5-15-6-7-16(10-13(15)2)18-12-20(21(22,23)24)26-27(18)17-8-9-19(14(3)11-17)30(28,29)25-4;;;;;;;;;;;;;;;;;;;;;;;;;;;;;;;;/h6-12,25H,5H2,1-4H3;32*1H/i/hD. The van der Waals surface area contributed by atoms with Gasteiger partial charge in [-0.1, -0.05) is 19.1 Å². The number of rotatable bonds is 5. The molecule has 0 fully saturated rings. The fourth-order valence-electron chi connectivity index (χ4n) is 3.33. The summed E-state index contributed by atoms with van der Waals surface area (Å²) in [6, 6.07) is 10.5. The molecule has 0 atom stereocenters. The summed E-state index contributed by atoms with van der Waals surface area (Å²) in [5, 5.41) is 3.76. The first-order chi connectivity index (χ1) is 14.4. The highest BCUT2D eigenvalue weighted by molar-refractivity contribution is 7.89. The van der Waals surface area contributed by atoms with Crippen LogP contribution in [0.25, 0.3) is 16.9 Å². The summed E-state index contributed by atoms with van der Waals surface area (Å²) in [5.41, 5.74) is 2.40. The first-order valence-electron chi connectivity index (χ1n) is 9.67. The quantitative estimate of drug-likeness (QED) is 0.377. The van der Waals surface area contributed by atoms with Gasteiger partial charge >= 0.3 is 6.18 Å². The van der Waals surface area contributed by atoms with E-state index in [0.29, 0.717) is 15.8 Å². The van der Waals surface area contributed by atoms with Crippen LogP contribution in [0.15, 0.2) is 47.4 Å². The third-order valence-electron chi connectivity index (χ3n) is 4.94. The summed E-state index contributed by atoms with van der Waals surface area (Å²) in [6.07, 6.45) is -3.83. The molecule has 0 bridgehead atoms. The molecule has 0 radical (unpaired) electrons. The van der Waals surface area contributed by atoms with Crippen molar-refractivity contribution >= 4 is 10.0 Å². The lowest BCUT2D eigenvalue weighted by molar-refractivity contribution is -0.141. The van der Waals surface area contributed by atoms with Crippen molar-refractivity contribution < 1.29 is 68.7 Å². The van der Waals surface area contributed by atoms with Crippen LogP contribution in [-0.2, 0) is 22.6 Å². The van der Waals surface area contributed by atoms with Gasteiger partial charge < -0.3 is 0 Å². The van der Waals surface area contributed by atoms with Crippen LogP contribution >= 0.6 is 0 Å². The van der Waals surface area contributed by atoms with Gasteiger partial charge in [0.05, 0.1) is 16.3 Å². The Morgan fingerprint density at radius 1 is 1.13 bits per heavy atom. The van der Waals surface area contributed by atoms with E-state index in [2.05, 4.69) is 5.10 Å². The molecule has 224 valence electrons. The minimum atomic E-state index is -4.63. The molecule has 5 nitrogen and oxygen atoms in total. The Labute approximate surface area is 222 Å². The van der Waals surface area contributed by atoms with Crippen molar-refractivity contribution in [3.63, 3.8) is 0 Å². The highest BCUT2D eigenvalue weighted by Gasteiger charge is 2.35. The summed E-state index contributed by atoms with van der Waals surface area (Å²) in [7, 11) is -2.92. The van der Waals surface area contributed by atoms with E-state index in [1.807, 2.05) is 26.0 Å². The summed E-state index contributed by atoms with van der Waals surface area (Å²) in [5.74, 6) is 0. The van der Waals surface area contributed by atoms with Crippen molar-refractivity contribution in [2.45, 2.75) is 38.3 Å².